The fourth-order valence-electron chi connectivity index (χ4n) is 3.37. The maximum absolute atomic E-state index is 13.1. The second kappa shape index (κ2) is 7.67. The van der Waals surface area contributed by atoms with Crippen molar-refractivity contribution in [3.05, 3.63) is 95.3 Å². The van der Waals surface area contributed by atoms with Crippen LogP contribution in [0.5, 0.6) is 0 Å². The molecule has 148 valence electrons. The summed E-state index contributed by atoms with van der Waals surface area (Å²) in [5.74, 6) is -0.741. The van der Waals surface area contributed by atoms with Crippen molar-refractivity contribution >= 4 is 21.6 Å². The van der Waals surface area contributed by atoms with Crippen LogP contribution < -0.4 is 9.62 Å². The number of hydrogen-bond acceptors (Lipinski definition) is 3. The number of fused-ring (bicyclic) bond motifs is 1. The number of benzene rings is 3. The molecule has 3 aromatic rings. The molecule has 0 aliphatic carbocycles. The maximum Gasteiger partial charge on any atom is 0.264 e. The van der Waals surface area contributed by atoms with Crippen LogP contribution in [0.1, 0.15) is 21.5 Å². The number of hydrogen-bond donors (Lipinski definition) is 1. The Bertz CT molecular complexity index is 1160. The van der Waals surface area contributed by atoms with Gasteiger partial charge >= 0.3 is 0 Å². The van der Waals surface area contributed by atoms with Gasteiger partial charge in [0, 0.05) is 18.7 Å². The number of anilines is 1. The van der Waals surface area contributed by atoms with E-state index in [1.807, 2.05) is 18.2 Å². The van der Waals surface area contributed by atoms with Crippen molar-refractivity contribution in [3.8, 4) is 0 Å². The topological polar surface area (TPSA) is 66.5 Å². The van der Waals surface area contributed by atoms with Crippen molar-refractivity contribution in [2.24, 2.45) is 0 Å². The molecule has 4 rings (SSSR count). The van der Waals surface area contributed by atoms with Crippen molar-refractivity contribution < 1.29 is 17.6 Å². The first-order chi connectivity index (χ1) is 13.9. The lowest BCUT2D eigenvalue weighted by molar-refractivity contribution is 0.0950. The smallest absolute Gasteiger partial charge is 0.264 e. The van der Waals surface area contributed by atoms with Gasteiger partial charge in [0.2, 0.25) is 0 Å². The van der Waals surface area contributed by atoms with E-state index in [1.165, 1.54) is 28.6 Å². The molecule has 0 spiro atoms. The molecule has 5 nitrogen and oxygen atoms in total. The molecule has 1 heterocycles. The Hall–Kier alpha value is -3.19. The summed E-state index contributed by atoms with van der Waals surface area (Å²) in [4.78, 5) is 12.6. The van der Waals surface area contributed by atoms with Gasteiger partial charge in [-0.1, -0.05) is 36.4 Å². The largest absolute Gasteiger partial charge is 0.348 e. The van der Waals surface area contributed by atoms with Gasteiger partial charge < -0.3 is 5.32 Å². The summed E-state index contributed by atoms with van der Waals surface area (Å²) in [5.41, 5.74) is 2.67. The molecule has 3 aromatic carbocycles. The lowest BCUT2D eigenvalue weighted by Crippen LogP contribution is -2.29. The predicted molar refractivity (Wildman–Crippen MR) is 109 cm³/mol. The van der Waals surface area contributed by atoms with Gasteiger partial charge in [0.05, 0.1) is 10.6 Å². The summed E-state index contributed by atoms with van der Waals surface area (Å²) >= 11 is 0. The minimum atomic E-state index is -3.77. The molecule has 0 aromatic heterocycles. The lowest BCUT2D eigenvalue weighted by Gasteiger charge is -2.20. The number of rotatable bonds is 5. The van der Waals surface area contributed by atoms with E-state index in [0.717, 1.165) is 11.1 Å². The lowest BCUT2D eigenvalue weighted by atomic mass is 10.2. The summed E-state index contributed by atoms with van der Waals surface area (Å²) in [6.07, 6.45) is 0.660. The molecule has 1 aliphatic heterocycles. The van der Waals surface area contributed by atoms with Crippen LogP contribution in [-0.4, -0.2) is 20.9 Å². The highest BCUT2D eigenvalue weighted by molar-refractivity contribution is 7.92. The van der Waals surface area contributed by atoms with Crippen molar-refractivity contribution in [1.82, 2.24) is 5.32 Å². The number of nitrogens with zero attached hydrogens (tertiary/aromatic N) is 1. The van der Waals surface area contributed by atoms with E-state index in [0.29, 0.717) is 18.7 Å². The highest BCUT2D eigenvalue weighted by Gasteiger charge is 2.30. The number of halogens is 1. The molecule has 1 amide bonds. The van der Waals surface area contributed by atoms with E-state index >= 15 is 0 Å². The van der Waals surface area contributed by atoms with Crippen molar-refractivity contribution in [1.29, 1.82) is 0 Å². The van der Waals surface area contributed by atoms with E-state index in [-0.39, 0.29) is 22.8 Å². The fraction of sp³-hybridized carbons (Fsp3) is 0.136. The number of carbonyl (C=O) groups excluding carboxylic acids is 1. The first-order valence-corrected chi connectivity index (χ1v) is 10.6. The van der Waals surface area contributed by atoms with Crippen molar-refractivity contribution in [2.75, 3.05) is 10.8 Å². The molecule has 7 heteroatoms. The van der Waals surface area contributed by atoms with E-state index in [1.54, 1.807) is 30.3 Å². The molecular formula is C22H19FN2O3S. The van der Waals surface area contributed by atoms with Crippen LogP contribution in [0.2, 0.25) is 0 Å². The van der Waals surface area contributed by atoms with Gasteiger partial charge in [-0.2, -0.15) is 0 Å². The molecule has 0 unspecified atom stereocenters. The van der Waals surface area contributed by atoms with Crippen LogP contribution in [0.3, 0.4) is 0 Å². The highest BCUT2D eigenvalue weighted by atomic mass is 32.2. The maximum atomic E-state index is 13.1. The first-order valence-electron chi connectivity index (χ1n) is 9.18. The van der Waals surface area contributed by atoms with Gasteiger partial charge in [0.1, 0.15) is 5.82 Å². The Balaban J connectivity index is 1.54. The summed E-state index contributed by atoms with van der Waals surface area (Å²) in [7, 11) is -3.77. The number of carbonyl (C=O) groups is 1. The van der Waals surface area contributed by atoms with Gasteiger partial charge in [0.25, 0.3) is 15.9 Å². The van der Waals surface area contributed by atoms with Gasteiger partial charge in [-0.3, -0.25) is 9.10 Å². The zero-order valence-corrected chi connectivity index (χ0v) is 16.3. The minimum absolute atomic E-state index is 0.0728. The Morgan fingerprint density at radius 2 is 1.76 bits per heavy atom. The van der Waals surface area contributed by atoms with Crippen LogP contribution in [0.25, 0.3) is 0 Å². The van der Waals surface area contributed by atoms with E-state index in [2.05, 4.69) is 5.32 Å². The Kier molecular flexibility index (Phi) is 5.07. The van der Waals surface area contributed by atoms with E-state index in [4.69, 9.17) is 0 Å². The van der Waals surface area contributed by atoms with Crippen LogP contribution in [0.4, 0.5) is 10.1 Å². The predicted octanol–water partition coefficient (Wildman–Crippen LogP) is 3.51. The van der Waals surface area contributed by atoms with E-state index < -0.39 is 15.9 Å². The molecule has 0 radical (unpaired) electrons. The number of para-hydroxylation sites is 1. The van der Waals surface area contributed by atoms with E-state index in [9.17, 15) is 17.6 Å². The number of amides is 1. The monoisotopic (exact) mass is 410 g/mol. The molecule has 0 atom stereocenters. The zero-order valence-electron chi connectivity index (χ0n) is 15.5. The fourth-order valence-corrected chi connectivity index (χ4v) is 4.92. The van der Waals surface area contributed by atoms with Crippen molar-refractivity contribution in [2.45, 2.75) is 17.9 Å². The third-order valence-electron chi connectivity index (χ3n) is 4.90. The molecule has 1 aliphatic rings. The average Bonchev–Trinajstić information content (AvgIpc) is 3.18. The van der Waals surface area contributed by atoms with Gasteiger partial charge in [-0.05, 0) is 53.9 Å². The summed E-state index contributed by atoms with van der Waals surface area (Å²) in [5, 5.41) is 2.73. The van der Waals surface area contributed by atoms with Crippen LogP contribution in [0.15, 0.2) is 77.7 Å². The highest BCUT2D eigenvalue weighted by Crippen LogP contribution is 2.32. The Morgan fingerprint density at radius 1 is 1.00 bits per heavy atom. The second-order valence-electron chi connectivity index (χ2n) is 6.79. The molecule has 29 heavy (non-hydrogen) atoms. The summed E-state index contributed by atoms with van der Waals surface area (Å²) in [6.45, 7) is 0.595. The Morgan fingerprint density at radius 3 is 2.55 bits per heavy atom. The Labute approximate surface area is 168 Å². The SMILES string of the molecule is O=C(NCc1ccc(F)cc1)c1cccc(S(=O)(=O)N2CCc3ccccc32)c1. The molecule has 1 N–H and O–H groups in total. The second-order valence-corrected chi connectivity index (χ2v) is 8.66. The summed E-state index contributed by atoms with van der Waals surface area (Å²) in [6, 6.07) is 19.2. The summed E-state index contributed by atoms with van der Waals surface area (Å²) < 4.78 is 40.6. The van der Waals surface area contributed by atoms with Gasteiger partial charge in [0.15, 0.2) is 0 Å². The quantitative estimate of drug-likeness (QED) is 0.700. The third-order valence-corrected chi connectivity index (χ3v) is 6.70. The molecule has 0 bridgehead atoms. The molecule has 0 saturated heterocycles. The van der Waals surface area contributed by atoms with Crippen molar-refractivity contribution in [3.63, 3.8) is 0 Å². The van der Waals surface area contributed by atoms with Crippen LogP contribution in [0, 0.1) is 5.82 Å². The molecule has 0 fully saturated rings. The normalized spacial score (nSPS) is 13.2. The third kappa shape index (κ3) is 3.86. The molecule has 0 saturated carbocycles. The average molecular weight is 410 g/mol. The van der Waals surface area contributed by atoms with Gasteiger partial charge in [-0.15, -0.1) is 0 Å². The van der Waals surface area contributed by atoms with Gasteiger partial charge in [-0.25, -0.2) is 12.8 Å². The molecular weight excluding hydrogens is 391 g/mol. The number of nitrogens with one attached hydrogen (secondary N) is 1. The van der Waals surface area contributed by atoms with Crippen LogP contribution in [-0.2, 0) is 23.0 Å². The first kappa shape index (κ1) is 19.1. The standard InChI is InChI=1S/C22H19FN2O3S/c23-19-10-8-16(9-11-19)15-24-22(26)18-5-3-6-20(14-18)29(27,28)25-13-12-17-4-1-2-7-21(17)25/h1-11,14H,12-13,15H2,(H,24,26). The number of sulfonamides is 1. The van der Waals surface area contributed by atoms with Crippen LogP contribution >= 0.6 is 0 Å². The minimum Gasteiger partial charge on any atom is -0.348 e. The zero-order chi connectivity index (χ0) is 20.4.